The van der Waals surface area contributed by atoms with Crippen LogP contribution in [0.3, 0.4) is 0 Å². The van der Waals surface area contributed by atoms with Gasteiger partial charge < -0.3 is 10.6 Å². The summed E-state index contributed by atoms with van der Waals surface area (Å²) in [5.74, 6) is 0.418. The molecule has 2 rings (SSSR count). The van der Waals surface area contributed by atoms with Crippen LogP contribution in [0.5, 0.6) is 0 Å². The quantitative estimate of drug-likeness (QED) is 0.793. The van der Waals surface area contributed by atoms with Crippen LogP contribution in [0.2, 0.25) is 0 Å². The number of carbonyl (C=O) groups is 1. The van der Waals surface area contributed by atoms with E-state index in [2.05, 4.69) is 0 Å². The van der Waals surface area contributed by atoms with E-state index in [0.717, 1.165) is 25.7 Å². The Hall–Kier alpha value is -0.620. The Morgan fingerprint density at radius 3 is 2.29 bits per heavy atom. The van der Waals surface area contributed by atoms with Gasteiger partial charge in [-0.25, -0.2) is 8.42 Å². The normalized spacial score (nSPS) is 28.0. The molecule has 1 saturated heterocycles. The third kappa shape index (κ3) is 3.59. The van der Waals surface area contributed by atoms with Crippen LogP contribution in [0.25, 0.3) is 0 Å². The van der Waals surface area contributed by atoms with Gasteiger partial charge in [0.25, 0.3) is 0 Å². The van der Waals surface area contributed by atoms with Gasteiger partial charge in [0.15, 0.2) is 9.84 Å². The number of sulfone groups is 1. The highest BCUT2D eigenvalue weighted by Crippen LogP contribution is 2.37. The molecule has 0 aromatic heterocycles. The molecule has 0 radical (unpaired) electrons. The van der Waals surface area contributed by atoms with E-state index in [1.807, 2.05) is 6.92 Å². The van der Waals surface area contributed by atoms with Crippen molar-refractivity contribution in [1.82, 2.24) is 4.90 Å². The molecule has 1 amide bonds. The predicted octanol–water partition coefficient (Wildman–Crippen LogP) is 1.32. The predicted molar refractivity (Wildman–Crippen MR) is 83.6 cm³/mol. The van der Waals surface area contributed by atoms with Crippen molar-refractivity contribution in [3.63, 3.8) is 0 Å². The van der Waals surface area contributed by atoms with Crippen LogP contribution in [0.1, 0.15) is 51.9 Å². The van der Waals surface area contributed by atoms with Crippen molar-refractivity contribution in [2.24, 2.45) is 11.1 Å². The Morgan fingerprint density at radius 2 is 1.86 bits per heavy atom. The Bertz CT molecular complexity index is 467. The molecular formula is C15H28N2O3S. The lowest BCUT2D eigenvalue weighted by Crippen LogP contribution is -2.52. The van der Waals surface area contributed by atoms with Crippen LogP contribution in [-0.4, -0.2) is 49.9 Å². The first-order chi connectivity index (χ1) is 9.94. The van der Waals surface area contributed by atoms with Crippen molar-refractivity contribution in [2.75, 3.05) is 24.6 Å². The molecule has 1 atom stereocenters. The van der Waals surface area contributed by atoms with E-state index in [0.29, 0.717) is 19.5 Å². The van der Waals surface area contributed by atoms with Crippen LogP contribution < -0.4 is 5.73 Å². The topological polar surface area (TPSA) is 80.5 Å². The molecule has 0 spiro atoms. The van der Waals surface area contributed by atoms with Gasteiger partial charge in [0.05, 0.1) is 16.9 Å². The molecular weight excluding hydrogens is 288 g/mol. The summed E-state index contributed by atoms with van der Waals surface area (Å²) < 4.78 is 23.4. The second-order valence-corrected chi connectivity index (χ2v) is 8.78. The highest BCUT2D eigenvalue weighted by molar-refractivity contribution is 7.91. The van der Waals surface area contributed by atoms with Gasteiger partial charge in [-0.05, 0) is 26.2 Å². The van der Waals surface area contributed by atoms with Crippen molar-refractivity contribution in [3.05, 3.63) is 0 Å². The van der Waals surface area contributed by atoms with Crippen molar-refractivity contribution in [3.8, 4) is 0 Å². The molecule has 1 saturated carbocycles. The van der Waals surface area contributed by atoms with Gasteiger partial charge in [0.2, 0.25) is 5.91 Å². The molecule has 2 aliphatic rings. The summed E-state index contributed by atoms with van der Waals surface area (Å²) in [5.41, 5.74) is 5.53. The van der Waals surface area contributed by atoms with E-state index in [1.54, 1.807) is 4.90 Å². The van der Waals surface area contributed by atoms with Gasteiger partial charge in [-0.1, -0.05) is 25.7 Å². The zero-order valence-electron chi connectivity index (χ0n) is 13.0. The largest absolute Gasteiger partial charge is 0.338 e. The van der Waals surface area contributed by atoms with Crippen molar-refractivity contribution < 1.29 is 13.2 Å². The van der Waals surface area contributed by atoms with Crippen LogP contribution in [0.15, 0.2) is 0 Å². The zero-order valence-corrected chi connectivity index (χ0v) is 13.8. The summed E-state index contributed by atoms with van der Waals surface area (Å²) in [4.78, 5) is 14.9. The average Bonchev–Trinajstić information content (AvgIpc) is 2.68. The maximum absolute atomic E-state index is 13.1. The van der Waals surface area contributed by atoms with Gasteiger partial charge in [-0.15, -0.1) is 0 Å². The van der Waals surface area contributed by atoms with Gasteiger partial charge in [-0.3, -0.25) is 4.79 Å². The summed E-state index contributed by atoms with van der Waals surface area (Å²) in [7, 11) is -2.97. The number of hydrogen-bond acceptors (Lipinski definition) is 4. The molecule has 0 aromatic rings. The smallest absolute Gasteiger partial charge is 0.230 e. The second-order valence-electron chi connectivity index (χ2n) is 6.55. The number of nitrogens with two attached hydrogens (primary N) is 1. The first-order valence-corrected chi connectivity index (χ1v) is 9.98. The third-order valence-corrected chi connectivity index (χ3v) is 6.91. The molecule has 5 nitrogen and oxygen atoms in total. The van der Waals surface area contributed by atoms with E-state index < -0.39 is 15.3 Å². The van der Waals surface area contributed by atoms with Crippen molar-refractivity contribution in [1.29, 1.82) is 0 Å². The lowest BCUT2D eigenvalue weighted by Gasteiger charge is -2.38. The zero-order chi connectivity index (χ0) is 15.5. The van der Waals surface area contributed by atoms with E-state index in [1.165, 1.54) is 12.8 Å². The van der Waals surface area contributed by atoms with Crippen LogP contribution in [0, 0.1) is 5.41 Å². The molecule has 0 bridgehead atoms. The first-order valence-electron chi connectivity index (χ1n) is 8.16. The first kappa shape index (κ1) is 16.7. The minimum atomic E-state index is -2.97. The highest BCUT2D eigenvalue weighted by atomic mass is 32.2. The van der Waals surface area contributed by atoms with E-state index in [-0.39, 0.29) is 23.5 Å². The molecule has 122 valence electrons. The molecule has 2 N–H and O–H groups in total. The lowest BCUT2D eigenvalue weighted by atomic mass is 9.78. The SMILES string of the molecule is CCN(C(=O)C1(CN)CCCCCC1)C1CCS(=O)(=O)C1. The fourth-order valence-corrected chi connectivity index (χ4v) is 5.53. The van der Waals surface area contributed by atoms with Crippen LogP contribution in [0.4, 0.5) is 0 Å². The Morgan fingerprint density at radius 1 is 1.24 bits per heavy atom. The molecule has 1 heterocycles. The number of amides is 1. The van der Waals surface area contributed by atoms with Gasteiger partial charge in [0, 0.05) is 19.1 Å². The molecule has 1 unspecified atom stereocenters. The maximum Gasteiger partial charge on any atom is 0.230 e. The summed E-state index contributed by atoms with van der Waals surface area (Å²) in [6, 6.07) is -0.154. The van der Waals surface area contributed by atoms with Crippen molar-refractivity contribution in [2.45, 2.75) is 57.9 Å². The molecule has 0 aromatic carbocycles. The molecule has 2 fully saturated rings. The monoisotopic (exact) mass is 316 g/mol. The van der Waals surface area contributed by atoms with E-state index in [4.69, 9.17) is 5.73 Å². The summed E-state index contributed by atoms with van der Waals surface area (Å²) >= 11 is 0. The third-order valence-electron chi connectivity index (χ3n) is 5.16. The van der Waals surface area contributed by atoms with Crippen LogP contribution in [-0.2, 0) is 14.6 Å². The molecule has 1 aliphatic carbocycles. The van der Waals surface area contributed by atoms with Gasteiger partial charge >= 0.3 is 0 Å². The number of rotatable bonds is 4. The molecule has 1 aliphatic heterocycles. The minimum absolute atomic E-state index is 0.0940. The molecule has 21 heavy (non-hydrogen) atoms. The number of hydrogen-bond donors (Lipinski definition) is 1. The second kappa shape index (κ2) is 6.65. The standard InChI is InChI=1S/C15H28N2O3S/c1-2-17(13-7-10-21(19,20)11-13)14(18)15(12-16)8-5-3-4-6-9-15/h13H,2-12,16H2,1H3. The lowest BCUT2D eigenvalue weighted by molar-refractivity contribution is -0.144. The highest BCUT2D eigenvalue weighted by Gasteiger charge is 2.43. The van der Waals surface area contributed by atoms with Crippen LogP contribution >= 0.6 is 0 Å². The van der Waals surface area contributed by atoms with E-state index >= 15 is 0 Å². The molecule has 6 heteroatoms. The summed E-state index contributed by atoms with van der Waals surface area (Å²) in [5, 5.41) is 0. The Labute approximate surface area is 128 Å². The number of nitrogens with zero attached hydrogens (tertiary/aromatic N) is 1. The fraction of sp³-hybridized carbons (Fsp3) is 0.933. The minimum Gasteiger partial charge on any atom is -0.338 e. The average molecular weight is 316 g/mol. The summed E-state index contributed by atoms with van der Waals surface area (Å²) in [6.07, 6.45) is 6.68. The van der Waals surface area contributed by atoms with Gasteiger partial charge in [-0.2, -0.15) is 0 Å². The Kier molecular flexibility index (Phi) is 5.30. The maximum atomic E-state index is 13.1. The Balaban J connectivity index is 2.18. The number of carbonyl (C=O) groups excluding carboxylic acids is 1. The van der Waals surface area contributed by atoms with Crippen molar-refractivity contribution >= 4 is 15.7 Å². The van der Waals surface area contributed by atoms with E-state index in [9.17, 15) is 13.2 Å². The van der Waals surface area contributed by atoms with Gasteiger partial charge in [0.1, 0.15) is 0 Å². The fourth-order valence-electron chi connectivity index (χ4n) is 3.80. The summed E-state index contributed by atoms with van der Waals surface area (Å²) in [6.45, 7) is 2.88.